The minimum absolute atomic E-state index is 0.0121. The Morgan fingerprint density at radius 3 is 2.65 bits per heavy atom. The molecule has 2 N–H and O–H groups in total. The van der Waals surface area contributed by atoms with E-state index in [9.17, 15) is 28.2 Å². The molecular weight excluding hydrogens is 433 g/mol. The fourth-order valence-corrected chi connectivity index (χ4v) is 4.17. The number of aromatic hydroxyl groups is 1. The molecule has 0 unspecified atom stereocenters. The highest BCUT2D eigenvalue weighted by Gasteiger charge is 2.35. The first-order valence-corrected chi connectivity index (χ1v) is 9.83. The molecule has 0 aliphatic heterocycles. The zero-order valence-electron chi connectivity index (χ0n) is 15.9. The highest BCUT2D eigenvalue weighted by Crippen LogP contribution is 2.39. The van der Waals surface area contributed by atoms with E-state index in [1.807, 2.05) is 0 Å². The summed E-state index contributed by atoms with van der Waals surface area (Å²) in [5.74, 6) is -1.31. The van der Waals surface area contributed by atoms with Crippen molar-refractivity contribution in [3.05, 3.63) is 70.9 Å². The Bertz CT molecular complexity index is 1280. The van der Waals surface area contributed by atoms with Gasteiger partial charge in [-0.1, -0.05) is 18.2 Å². The maximum atomic E-state index is 13.3. The Balaban J connectivity index is 1.74. The van der Waals surface area contributed by atoms with Crippen LogP contribution in [0.25, 0.3) is 16.0 Å². The second-order valence-electron chi connectivity index (χ2n) is 6.72. The number of carboxylic acids is 1. The predicted molar refractivity (Wildman–Crippen MR) is 108 cm³/mol. The van der Waals surface area contributed by atoms with Gasteiger partial charge in [0.25, 0.3) is 0 Å². The number of halogens is 3. The first-order chi connectivity index (χ1) is 14.6. The molecular formula is C21H15F3N2O4S. The number of hydrogen-bond donors (Lipinski definition) is 2. The maximum Gasteiger partial charge on any atom is 0.416 e. The van der Waals surface area contributed by atoms with Crippen LogP contribution in [0.5, 0.6) is 11.5 Å². The molecule has 0 saturated carbocycles. The summed E-state index contributed by atoms with van der Waals surface area (Å²) in [6, 6.07) is 11.0. The minimum Gasteiger partial charge on any atom is -0.508 e. The molecule has 160 valence electrons. The average molecular weight is 448 g/mol. The fraction of sp³-hybridized carbons (Fsp3) is 0.143. The fourth-order valence-electron chi connectivity index (χ4n) is 3.25. The van der Waals surface area contributed by atoms with Crippen LogP contribution in [-0.4, -0.2) is 25.7 Å². The molecule has 0 spiro atoms. The average Bonchev–Trinajstić information content (AvgIpc) is 3.31. The molecule has 0 fully saturated rings. The largest absolute Gasteiger partial charge is 0.508 e. The van der Waals surface area contributed by atoms with E-state index in [1.165, 1.54) is 49.6 Å². The van der Waals surface area contributed by atoms with Crippen LogP contribution in [0.1, 0.15) is 33.8 Å². The number of aromatic carboxylic acids is 1. The molecule has 0 bridgehead atoms. The van der Waals surface area contributed by atoms with Gasteiger partial charge in [0.2, 0.25) is 0 Å². The van der Waals surface area contributed by atoms with Crippen molar-refractivity contribution in [3.8, 4) is 16.5 Å². The van der Waals surface area contributed by atoms with Crippen LogP contribution < -0.4 is 4.74 Å². The zero-order chi connectivity index (χ0) is 22.3. The number of rotatable bonds is 5. The van der Waals surface area contributed by atoms with Gasteiger partial charge in [0.15, 0.2) is 4.88 Å². The summed E-state index contributed by atoms with van der Waals surface area (Å²) in [6.07, 6.45) is -4.16. The normalized spacial score (nSPS) is 12.8. The van der Waals surface area contributed by atoms with Crippen molar-refractivity contribution in [3.63, 3.8) is 0 Å². The van der Waals surface area contributed by atoms with E-state index in [2.05, 4.69) is 4.98 Å². The smallest absolute Gasteiger partial charge is 0.416 e. The Morgan fingerprint density at radius 2 is 1.94 bits per heavy atom. The molecule has 0 aliphatic carbocycles. The van der Waals surface area contributed by atoms with Crippen molar-refractivity contribution in [2.75, 3.05) is 0 Å². The van der Waals surface area contributed by atoms with Gasteiger partial charge in [-0.3, -0.25) is 4.57 Å². The predicted octanol–water partition coefficient (Wildman–Crippen LogP) is 5.65. The maximum absolute atomic E-state index is 13.3. The molecule has 31 heavy (non-hydrogen) atoms. The first-order valence-electron chi connectivity index (χ1n) is 9.01. The van der Waals surface area contributed by atoms with Crippen LogP contribution in [0.3, 0.4) is 0 Å². The lowest BCUT2D eigenvalue weighted by atomic mass is 10.0. The van der Waals surface area contributed by atoms with E-state index in [0.717, 1.165) is 17.4 Å². The second kappa shape index (κ2) is 7.62. The molecule has 2 heterocycles. The van der Waals surface area contributed by atoms with Crippen molar-refractivity contribution in [1.29, 1.82) is 0 Å². The lowest BCUT2D eigenvalue weighted by Gasteiger charge is -2.19. The summed E-state index contributed by atoms with van der Waals surface area (Å²) in [7, 11) is 0. The third-order valence-electron chi connectivity index (χ3n) is 4.66. The van der Waals surface area contributed by atoms with Crippen molar-refractivity contribution >= 4 is 28.3 Å². The standard InChI is InChI=1S/C21H15F3N2O4S/c1-11(13-4-2-3-5-14(13)21(22,23)24)30-17-9-18(31-19(17)20(28)29)26-10-25-15-7-6-12(27)8-16(15)26/h2-11,27H,1H3,(H,28,29)/t11-/m1/s1. The molecule has 4 rings (SSSR count). The summed E-state index contributed by atoms with van der Waals surface area (Å²) >= 11 is 0.888. The Kier molecular flexibility index (Phi) is 5.10. The van der Waals surface area contributed by atoms with Gasteiger partial charge in [-0.05, 0) is 25.1 Å². The molecule has 1 atom stereocenters. The molecule has 0 aliphatic rings. The number of ether oxygens (including phenoxy) is 1. The van der Waals surface area contributed by atoms with Gasteiger partial charge in [0.05, 0.1) is 16.6 Å². The summed E-state index contributed by atoms with van der Waals surface area (Å²) < 4.78 is 47.3. The van der Waals surface area contributed by atoms with Gasteiger partial charge in [-0.2, -0.15) is 13.2 Å². The molecule has 0 amide bonds. The van der Waals surface area contributed by atoms with E-state index in [0.29, 0.717) is 16.0 Å². The number of alkyl halides is 3. The van der Waals surface area contributed by atoms with Crippen LogP contribution in [0.4, 0.5) is 13.2 Å². The molecule has 10 heteroatoms. The van der Waals surface area contributed by atoms with Crippen LogP contribution in [0.2, 0.25) is 0 Å². The van der Waals surface area contributed by atoms with Gasteiger partial charge in [-0.15, -0.1) is 11.3 Å². The number of aromatic nitrogens is 2. The number of carbonyl (C=O) groups is 1. The third-order valence-corrected chi connectivity index (χ3v) is 5.76. The SMILES string of the molecule is C[C@@H](Oc1cc(-n2cnc3ccc(O)cc32)sc1C(=O)O)c1ccccc1C(F)(F)F. The third kappa shape index (κ3) is 3.93. The van der Waals surface area contributed by atoms with E-state index < -0.39 is 23.8 Å². The number of phenols is 1. The van der Waals surface area contributed by atoms with Crippen molar-refractivity contribution in [1.82, 2.24) is 9.55 Å². The van der Waals surface area contributed by atoms with Crippen LogP contribution in [-0.2, 0) is 6.18 Å². The highest BCUT2D eigenvalue weighted by molar-refractivity contribution is 7.16. The van der Waals surface area contributed by atoms with Crippen LogP contribution in [0.15, 0.2) is 54.9 Å². The van der Waals surface area contributed by atoms with Crippen molar-refractivity contribution in [2.45, 2.75) is 19.2 Å². The summed E-state index contributed by atoms with van der Waals surface area (Å²) in [4.78, 5) is 15.8. The Labute approximate surface area is 177 Å². The summed E-state index contributed by atoms with van der Waals surface area (Å²) in [5, 5.41) is 19.8. The second-order valence-corrected chi connectivity index (χ2v) is 7.75. The van der Waals surface area contributed by atoms with Crippen molar-refractivity contribution < 1.29 is 32.9 Å². The number of nitrogens with zero attached hydrogens (tertiary/aromatic N) is 2. The van der Waals surface area contributed by atoms with Crippen molar-refractivity contribution in [2.24, 2.45) is 0 Å². The monoisotopic (exact) mass is 448 g/mol. The number of thiophene rings is 1. The van der Waals surface area contributed by atoms with Gasteiger partial charge < -0.3 is 14.9 Å². The number of hydrogen-bond acceptors (Lipinski definition) is 5. The quantitative estimate of drug-likeness (QED) is 0.412. The molecule has 6 nitrogen and oxygen atoms in total. The number of imidazole rings is 1. The number of phenolic OH excluding ortho intramolecular Hbond substituents is 1. The molecule has 2 aromatic heterocycles. The van der Waals surface area contributed by atoms with Gasteiger partial charge in [-0.25, -0.2) is 9.78 Å². The van der Waals surface area contributed by atoms with E-state index in [-0.39, 0.29) is 21.9 Å². The molecule has 2 aromatic carbocycles. The highest BCUT2D eigenvalue weighted by atomic mass is 32.1. The summed E-state index contributed by atoms with van der Waals surface area (Å²) in [5.41, 5.74) is 0.182. The van der Waals surface area contributed by atoms with Gasteiger partial charge in [0.1, 0.15) is 28.9 Å². The molecule has 0 saturated heterocycles. The molecule has 4 aromatic rings. The van der Waals surface area contributed by atoms with Crippen LogP contribution >= 0.6 is 11.3 Å². The molecule has 0 radical (unpaired) electrons. The lowest BCUT2D eigenvalue weighted by molar-refractivity contribution is -0.139. The van der Waals surface area contributed by atoms with Crippen LogP contribution in [0, 0.1) is 0 Å². The minimum atomic E-state index is -4.57. The van der Waals surface area contributed by atoms with E-state index in [1.54, 1.807) is 10.6 Å². The summed E-state index contributed by atoms with van der Waals surface area (Å²) in [6.45, 7) is 1.43. The zero-order valence-corrected chi connectivity index (χ0v) is 16.7. The van der Waals surface area contributed by atoms with Gasteiger partial charge in [0, 0.05) is 17.7 Å². The van der Waals surface area contributed by atoms with E-state index >= 15 is 0 Å². The first kappa shape index (κ1) is 20.7. The lowest BCUT2D eigenvalue weighted by Crippen LogP contribution is -2.14. The number of fused-ring (bicyclic) bond motifs is 1. The van der Waals surface area contributed by atoms with E-state index in [4.69, 9.17) is 4.74 Å². The van der Waals surface area contributed by atoms with Gasteiger partial charge >= 0.3 is 12.1 Å². The number of carboxylic acid groups (broad SMARTS) is 1. The number of benzene rings is 2. The Morgan fingerprint density at radius 1 is 1.19 bits per heavy atom. The Hall–Kier alpha value is -3.53. The topological polar surface area (TPSA) is 84.6 Å².